The van der Waals surface area contributed by atoms with Crippen molar-refractivity contribution in [1.82, 2.24) is 0 Å². The summed E-state index contributed by atoms with van der Waals surface area (Å²) >= 11 is 0. The van der Waals surface area contributed by atoms with E-state index in [4.69, 9.17) is 9.66 Å². The first-order valence-corrected chi connectivity index (χ1v) is 8.29. The van der Waals surface area contributed by atoms with E-state index in [1.807, 2.05) is 6.92 Å². The van der Waals surface area contributed by atoms with Gasteiger partial charge in [-0.25, -0.2) is 0 Å². The highest BCUT2D eigenvalue weighted by molar-refractivity contribution is 7.85. The minimum Gasteiger partial charge on any atom is -0.396 e. The molecule has 0 heterocycles. The lowest BCUT2D eigenvalue weighted by atomic mass is 10.1. The van der Waals surface area contributed by atoms with Gasteiger partial charge in [0.15, 0.2) is 0 Å². The quantitative estimate of drug-likeness (QED) is 0.820. The van der Waals surface area contributed by atoms with Gasteiger partial charge in [0.25, 0.3) is 10.1 Å². The normalized spacial score (nSPS) is 11.6. The van der Waals surface area contributed by atoms with E-state index in [0.717, 1.165) is 17.7 Å². The number of hydrogen-bond acceptors (Lipinski definition) is 3. The van der Waals surface area contributed by atoms with E-state index in [9.17, 15) is 21.6 Å². The van der Waals surface area contributed by atoms with Crippen molar-refractivity contribution in [2.24, 2.45) is 0 Å². The van der Waals surface area contributed by atoms with Gasteiger partial charge in [-0.1, -0.05) is 29.8 Å². The Morgan fingerprint density at radius 3 is 1.83 bits per heavy atom. The maximum absolute atomic E-state index is 12.1. The van der Waals surface area contributed by atoms with Crippen molar-refractivity contribution >= 4 is 10.1 Å². The minimum atomic E-state index is -4.28. The Hall–Kier alpha value is -1.90. The molecule has 2 rings (SSSR count). The molecule has 0 aliphatic carbocycles. The van der Waals surface area contributed by atoms with E-state index >= 15 is 0 Å². The lowest BCUT2D eigenvalue weighted by Gasteiger charge is -2.06. The molecule has 2 N–H and O–H groups in total. The fraction of sp³-hybridized carbons (Fsp3) is 0.250. The number of halogens is 3. The van der Waals surface area contributed by atoms with Gasteiger partial charge in [-0.15, -0.1) is 0 Å². The Kier molecular flexibility index (Phi) is 6.94. The van der Waals surface area contributed by atoms with Crippen molar-refractivity contribution in [2.75, 3.05) is 6.61 Å². The molecule has 0 bridgehead atoms. The molecule has 0 spiro atoms. The van der Waals surface area contributed by atoms with Gasteiger partial charge in [0.2, 0.25) is 0 Å². The molecule has 0 atom stereocenters. The summed E-state index contributed by atoms with van der Waals surface area (Å²) in [6.45, 7) is 1.79. The van der Waals surface area contributed by atoms with Gasteiger partial charge in [0, 0.05) is 6.61 Å². The molecule has 24 heavy (non-hydrogen) atoms. The van der Waals surface area contributed by atoms with Crippen LogP contribution in [0.1, 0.15) is 16.7 Å². The monoisotopic (exact) mass is 362 g/mol. The zero-order valence-electron chi connectivity index (χ0n) is 12.8. The summed E-state index contributed by atoms with van der Waals surface area (Å²) in [4.78, 5) is -0.0666. The SMILES string of the molecule is Cc1ccc(S(=O)(=O)O)cc1.OCCc1ccc(C(F)(F)F)cc1. The lowest BCUT2D eigenvalue weighted by Crippen LogP contribution is -2.04. The summed E-state index contributed by atoms with van der Waals surface area (Å²) < 4.78 is 65.7. The molecule has 2 aromatic rings. The third-order valence-electron chi connectivity index (χ3n) is 3.00. The predicted octanol–water partition coefficient (Wildman–Crippen LogP) is 3.48. The maximum Gasteiger partial charge on any atom is 0.416 e. The number of hydrogen-bond donors (Lipinski definition) is 2. The molecule has 132 valence electrons. The van der Waals surface area contributed by atoms with Gasteiger partial charge in [-0.2, -0.15) is 21.6 Å². The highest BCUT2D eigenvalue weighted by Crippen LogP contribution is 2.29. The Morgan fingerprint density at radius 1 is 0.958 bits per heavy atom. The molecule has 0 aliphatic heterocycles. The van der Waals surface area contributed by atoms with Crippen LogP contribution in [0.2, 0.25) is 0 Å². The minimum absolute atomic E-state index is 0.0502. The van der Waals surface area contributed by atoms with E-state index in [2.05, 4.69) is 0 Å². The molecule has 0 amide bonds. The van der Waals surface area contributed by atoms with Crippen LogP contribution in [-0.2, 0) is 22.7 Å². The van der Waals surface area contributed by atoms with Crippen molar-refractivity contribution < 1.29 is 31.2 Å². The first-order valence-electron chi connectivity index (χ1n) is 6.85. The van der Waals surface area contributed by atoms with Crippen molar-refractivity contribution in [3.63, 3.8) is 0 Å². The van der Waals surface area contributed by atoms with Crippen molar-refractivity contribution in [3.8, 4) is 0 Å². The molecule has 4 nitrogen and oxygen atoms in total. The fourth-order valence-electron chi connectivity index (χ4n) is 1.70. The van der Waals surface area contributed by atoms with Gasteiger partial charge in [-0.05, 0) is 43.2 Å². The van der Waals surface area contributed by atoms with Crippen LogP contribution in [0.15, 0.2) is 53.4 Å². The first kappa shape index (κ1) is 20.1. The summed E-state index contributed by atoms with van der Waals surface area (Å²) in [6, 6.07) is 10.8. The average molecular weight is 362 g/mol. The van der Waals surface area contributed by atoms with Crippen LogP contribution in [0.4, 0.5) is 13.2 Å². The Morgan fingerprint density at radius 2 is 1.46 bits per heavy atom. The predicted molar refractivity (Wildman–Crippen MR) is 83.2 cm³/mol. The van der Waals surface area contributed by atoms with Crippen LogP contribution in [0.3, 0.4) is 0 Å². The van der Waals surface area contributed by atoms with Crippen LogP contribution in [-0.4, -0.2) is 24.7 Å². The molecular formula is C16H17F3O4S. The van der Waals surface area contributed by atoms with E-state index in [0.29, 0.717) is 12.0 Å². The molecular weight excluding hydrogens is 345 g/mol. The molecule has 0 saturated heterocycles. The van der Waals surface area contributed by atoms with Gasteiger partial charge in [0.05, 0.1) is 10.5 Å². The summed E-state index contributed by atoms with van der Waals surface area (Å²) in [7, 11) is -4.02. The highest BCUT2D eigenvalue weighted by atomic mass is 32.2. The highest BCUT2D eigenvalue weighted by Gasteiger charge is 2.29. The number of aliphatic hydroxyl groups excluding tert-OH is 1. The van der Waals surface area contributed by atoms with E-state index < -0.39 is 21.9 Å². The molecule has 0 saturated carbocycles. The van der Waals surface area contributed by atoms with E-state index in [1.54, 1.807) is 12.1 Å². The number of aliphatic hydroxyl groups is 1. The van der Waals surface area contributed by atoms with Gasteiger partial charge in [0.1, 0.15) is 0 Å². The fourth-order valence-corrected chi connectivity index (χ4v) is 2.18. The molecule has 0 fully saturated rings. The second kappa shape index (κ2) is 8.27. The lowest BCUT2D eigenvalue weighted by molar-refractivity contribution is -0.137. The topological polar surface area (TPSA) is 74.6 Å². The maximum atomic E-state index is 12.1. The largest absolute Gasteiger partial charge is 0.416 e. The first-order chi connectivity index (χ1) is 11.0. The van der Waals surface area contributed by atoms with Gasteiger partial charge < -0.3 is 5.11 Å². The Labute approximate surface area is 138 Å². The molecule has 8 heteroatoms. The number of aryl methyl sites for hydroxylation is 1. The van der Waals surface area contributed by atoms with Crippen LogP contribution in [0.5, 0.6) is 0 Å². The molecule has 0 unspecified atom stereocenters. The van der Waals surface area contributed by atoms with Crippen LogP contribution >= 0.6 is 0 Å². The molecule has 0 aliphatic rings. The van der Waals surface area contributed by atoms with E-state index in [1.165, 1.54) is 24.3 Å². The number of rotatable bonds is 3. The second-order valence-corrected chi connectivity index (χ2v) is 6.38. The van der Waals surface area contributed by atoms with Gasteiger partial charge >= 0.3 is 6.18 Å². The van der Waals surface area contributed by atoms with Gasteiger partial charge in [-0.3, -0.25) is 4.55 Å². The number of alkyl halides is 3. The second-order valence-electron chi connectivity index (χ2n) is 4.96. The Bertz CT molecular complexity index is 736. The van der Waals surface area contributed by atoms with Crippen LogP contribution in [0, 0.1) is 6.92 Å². The van der Waals surface area contributed by atoms with Crippen molar-refractivity contribution in [3.05, 3.63) is 65.2 Å². The zero-order chi connectivity index (χ0) is 18.4. The van der Waals surface area contributed by atoms with Crippen molar-refractivity contribution in [1.29, 1.82) is 0 Å². The van der Waals surface area contributed by atoms with Crippen molar-refractivity contribution in [2.45, 2.75) is 24.4 Å². The standard InChI is InChI=1S/C9H9F3O.C7H8O3S/c10-9(11,12)8-3-1-7(2-4-8)5-6-13;1-6-2-4-7(5-3-6)11(8,9)10/h1-4,13H,5-6H2;2-5H,1H3,(H,8,9,10). The molecule has 0 aromatic heterocycles. The molecule has 2 aromatic carbocycles. The third-order valence-corrected chi connectivity index (χ3v) is 3.87. The Balaban J connectivity index is 0.000000243. The summed E-state index contributed by atoms with van der Waals surface area (Å²) in [5.41, 5.74) is 1.00. The summed E-state index contributed by atoms with van der Waals surface area (Å²) in [6.07, 6.45) is -3.89. The number of benzene rings is 2. The van der Waals surface area contributed by atoms with Crippen LogP contribution in [0.25, 0.3) is 0 Å². The smallest absolute Gasteiger partial charge is 0.396 e. The summed E-state index contributed by atoms with van der Waals surface area (Å²) in [5.74, 6) is 0. The molecule has 0 radical (unpaired) electrons. The van der Waals surface area contributed by atoms with E-state index in [-0.39, 0.29) is 11.5 Å². The van der Waals surface area contributed by atoms with Crippen LogP contribution < -0.4 is 0 Å². The summed E-state index contributed by atoms with van der Waals surface area (Å²) in [5, 5.41) is 8.53. The zero-order valence-corrected chi connectivity index (χ0v) is 13.6. The third kappa shape index (κ3) is 6.69. The average Bonchev–Trinajstić information content (AvgIpc) is 2.47.